The van der Waals surface area contributed by atoms with Gasteiger partial charge in [0.2, 0.25) is 0 Å². The van der Waals surface area contributed by atoms with Gasteiger partial charge in [-0.3, -0.25) is 5.21 Å². The summed E-state index contributed by atoms with van der Waals surface area (Å²) in [5.74, 6) is -1.75. The Bertz CT molecular complexity index is 447. The van der Waals surface area contributed by atoms with E-state index < -0.39 is 17.7 Å². The Hall–Kier alpha value is -1.69. The van der Waals surface area contributed by atoms with Gasteiger partial charge in [-0.15, -0.1) is 0 Å². The molecule has 6 heteroatoms. The fourth-order valence-electron chi connectivity index (χ4n) is 2.01. The molecule has 1 saturated carbocycles. The lowest BCUT2D eigenvalue weighted by Gasteiger charge is -2.39. The van der Waals surface area contributed by atoms with Crippen molar-refractivity contribution in [2.75, 3.05) is 0 Å². The number of rotatable bonds is 2. The van der Waals surface area contributed by atoms with Crippen molar-refractivity contribution < 1.29 is 18.8 Å². The minimum atomic E-state index is -0.904. The van der Waals surface area contributed by atoms with Crippen LogP contribution in [0.1, 0.15) is 24.3 Å². The third-order valence-corrected chi connectivity index (χ3v) is 3.10. The summed E-state index contributed by atoms with van der Waals surface area (Å²) in [7, 11) is 0. The molecule has 1 aromatic carbocycles. The highest BCUT2D eigenvalue weighted by Gasteiger charge is 2.36. The highest BCUT2D eigenvalue weighted by molar-refractivity contribution is 5.71. The van der Waals surface area contributed by atoms with Crippen molar-refractivity contribution in [1.82, 2.24) is 5.06 Å². The first-order valence-corrected chi connectivity index (χ1v) is 5.21. The number of halogens is 2. The first-order valence-electron chi connectivity index (χ1n) is 5.21. The molecule has 2 rings (SSSR count). The number of hydrogen-bond acceptors (Lipinski definition) is 2. The second-order valence-electron chi connectivity index (χ2n) is 4.18. The van der Waals surface area contributed by atoms with Gasteiger partial charge in [0.1, 0.15) is 0 Å². The Balaban J connectivity index is 1.99. The number of primary amides is 1. The second kappa shape index (κ2) is 4.29. The summed E-state index contributed by atoms with van der Waals surface area (Å²) < 4.78 is 25.7. The molecule has 4 nitrogen and oxygen atoms in total. The molecule has 17 heavy (non-hydrogen) atoms. The van der Waals surface area contributed by atoms with Gasteiger partial charge in [0.05, 0.1) is 6.04 Å². The molecule has 2 amide bonds. The second-order valence-corrected chi connectivity index (χ2v) is 4.18. The number of nitrogens with zero attached hydrogens (tertiary/aromatic N) is 1. The number of amides is 2. The van der Waals surface area contributed by atoms with E-state index in [0.29, 0.717) is 23.5 Å². The average molecular weight is 242 g/mol. The van der Waals surface area contributed by atoms with Crippen molar-refractivity contribution in [1.29, 1.82) is 0 Å². The lowest BCUT2D eigenvalue weighted by atomic mass is 9.75. The molecule has 0 spiro atoms. The molecule has 1 aromatic rings. The van der Waals surface area contributed by atoms with Crippen LogP contribution in [0.2, 0.25) is 0 Å². The average Bonchev–Trinajstić information content (AvgIpc) is 2.20. The van der Waals surface area contributed by atoms with Gasteiger partial charge < -0.3 is 5.73 Å². The third kappa shape index (κ3) is 2.21. The van der Waals surface area contributed by atoms with E-state index in [-0.39, 0.29) is 12.0 Å². The van der Waals surface area contributed by atoms with Crippen LogP contribution in [-0.4, -0.2) is 22.3 Å². The third-order valence-electron chi connectivity index (χ3n) is 3.10. The fraction of sp³-hybridized carbons (Fsp3) is 0.364. The number of carbonyl (C=O) groups excluding carboxylic acids is 1. The van der Waals surface area contributed by atoms with Crippen molar-refractivity contribution in [3.8, 4) is 0 Å². The predicted octanol–water partition coefficient (Wildman–Crippen LogP) is 1.98. The molecule has 0 unspecified atom stereocenters. The van der Waals surface area contributed by atoms with Crippen LogP contribution in [-0.2, 0) is 0 Å². The number of urea groups is 1. The minimum Gasteiger partial charge on any atom is -0.350 e. The summed E-state index contributed by atoms with van der Waals surface area (Å²) >= 11 is 0. The molecular weight excluding hydrogens is 230 g/mol. The van der Waals surface area contributed by atoms with E-state index >= 15 is 0 Å². The Morgan fingerprint density at radius 1 is 1.35 bits per heavy atom. The summed E-state index contributed by atoms with van der Waals surface area (Å²) in [4.78, 5) is 10.7. The van der Waals surface area contributed by atoms with Crippen molar-refractivity contribution in [3.05, 3.63) is 35.4 Å². The van der Waals surface area contributed by atoms with Crippen LogP contribution in [0, 0.1) is 11.6 Å². The molecule has 0 radical (unpaired) electrons. The molecule has 0 bridgehead atoms. The van der Waals surface area contributed by atoms with Crippen molar-refractivity contribution in [2.45, 2.75) is 24.8 Å². The van der Waals surface area contributed by atoms with Crippen molar-refractivity contribution in [3.63, 3.8) is 0 Å². The molecule has 0 aliphatic heterocycles. The zero-order valence-corrected chi connectivity index (χ0v) is 8.94. The number of carbonyl (C=O) groups is 1. The molecule has 0 saturated heterocycles. The lowest BCUT2D eigenvalue weighted by Crippen LogP contribution is -2.47. The van der Waals surface area contributed by atoms with E-state index in [2.05, 4.69) is 0 Å². The van der Waals surface area contributed by atoms with E-state index in [1.165, 1.54) is 6.07 Å². The number of hydroxylamine groups is 2. The first kappa shape index (κ1) is 11.8. The number of nitrogens with two attached hydrogens (primary N) is 1. The van der Waals surface area contributed by atoms with E-state index in [0.717, 1.165) is 12.1 Å². The maximum Gasteiger partial charge on any atom is 0.338 e. The summed E-state index contributed by atoms with van der Waals surface area (Å²) in [5.41, 5.74) is 5.57. The van der Waals surface area contributed by atoms with Crippen LogP contribution in [0.5, 0.6) is 0 Å². The standard InChI is InChI=1S/C11H12F2N2O2/c12-9-2-1-6(5-10(9)13)7-3-8(4-7)15(17)11(14)16/h1-2,5,7-8,17H,3-4H2,(H2,14,16)/t7-,8+. The van der Waals surface area contributed by atoms with E-state index in [1.54, 1.807) is 0 Å². The first-order chi connectivity index (χ1) is 7.99. The van der Waals surface area contributed by atoms with Crippen molar-refractivity contribution >= 4 is 6.03 Å². The van der Waals surface area contributed by atoms with Gasteiger partial charge in [0.25, 0.3) is 0 Å². The highest BCUT2D eigenvalue weighted by atomic mass is 19.2. The quantitative estimate of drug-likeness (QED) is 0.615. The maximum atomic E-state index is 13.0. The van der Waals surface area contributed by atoms with Gasteiger partial charge in [0.15, 0.2) is 11.6 Å². The zero-order valence-electron chi connectivity index (χ0n) is 8.94. The van der Waals surface area contributed by atoms with E-state index in [9.17, 15) is 18.8 Å². The molecule has 1 aliphatic carbocycles. The Morgan fingerprint density at radius 2 is 2.00 bits per heavy atom. The van der Waals surface area contributed by atoms with Crippen LogP contribution in [0.4, 0.5) is 13.6 Å². The number of hydrogen-bond donors (Lipinski definition) is 2. The predicted molar refractivity (Wildman–Crippen MR) is 55.3 cm³/mol. The van der Waals surface area contributed by atoms with Crippen LogP contribution >= 0.6 is 0 Å². The van der Waals surface area contributed by atoms with Gasteiger partial charge in [0, 0.05) is 0 Å². The number of benzene rings is 1. The van der Waals surface area contributed by atoms with E-state index in [4.69, 9.17) is 5.73 Å². The van der Waals surface area contributed by atoms with Crippen LogP contribution in [0.15, 0.2) is 18.2 Å². The highest BCUT2D eigenvalue weighted by Crippen LogP contribution is 2.39. The molecule has 0 aromatic heterocycles. The van der Waals surface area contributed by atoms with Gasteiger partial charge in [-0.2, -0.15) is 0 Å². The molecule has 0 atom stereocenters. The molecular formula is C11H12F2N2O2. The fourth-order valence-corrected chi connectivity index (χ4v) is 2.01. The Morgan fingerprint density at radius 3 is 2.53 bits per heavy atom. The summed E-state index contributed by atoms with van der Waals surface area (Å²) in [5, 5.41) is 9.72. The molecule has 1 aliphatic rings. The smallest absolute Gasteiger partial charge is 0.338 e. The summed E-state index contributed by atoms with van der Waals surface area (Å²) in [6.45, 7) is 0. The van der Waals surface area contributed by atoms with Gasteiger partial charge in [-0.25, -0.2) is 18.6 Å². The SMILES string of the molecule is NC(=O)N(O)[C@H]1C[C@@H](c2ccc(F)c(F)c2)C1. The van der Waals surface area contributed by atoms with Gasteiger partial charge in [-0.1, -0.05) is 6.07 Å². The normalized spacial score (nSPS) is 23.0. The van der Waals surface area contributed by atoms with E-state index in [1.807, 2.05) is 0 Å². The van der Waals surface area contributed by atoms with Crippen LogP contribution in [0.3, 0.4) is 0 Å². The van der Waals surface area contributed by atoms with Crippen LogP contribution < -0.4 is 5.73 Å². The zero-order chi connectivity index (χ0) is 12.6. The van der Waals surface area contributed by atoms with Gasteiger partial charge >= 0.3 is 6.03 Å². The molecule has 3 N–H and O–H groups in total. The van der Waals surface area contributed by atoms with Crippen LogP contribution in [0.25, 0.3) is 0 Å². The van der Waals surface area contributed by atoms with Gasteiger partial charge in [-0.05, 0) is 36.5 Å². The molecule has 0 heterocycles. The Labute approximate surface area is 96.6 Å². The van der Waals surface area contributed by atoms with Crippen molar-refractivity contribution in [2.24, 2.45) is 5.73 Å². The molecule has 1 fully saturated rings. The Kier molecular flexibility index (Phi) is 2.97. The molecule has 92 valence electrons. The minimum absolute atomic E-state index is 0.0177. The largest absolute Gasteiger partial charge is 0.350 e. The maximum absolute atomic E-state index is 13.0. The summed E-state index contributed by atoms with van der Waals surface area (Å²) in [6.07, 6.45) is 0.981. The summed E-state index contributed by atoms with van der Waals surface area (Å²) in [6, 6.07) is 2.47. The monoisotopic (exact) mass is 242 g/mol. The lowest BCUT2D eigenvalue weighted by molar-refractivity contribution is -0.102. The topological polar surface area (TPSA) is 66.6 Å².